The van der Waals surface area contributed by atoms with Crippen molar-refractivity contribution in [3.63, 3.8) is 0 Å². The second-order valence-electron chi connectivity index (χ2n) is 14.9. The van der Waals surface area contributed by atoms with Crippen LogP contribution in [0.2, 0.25) is 0 Å². The molecule has 0 aliphatic carbocycles. The number of hydrogen-bond donors (Lipinski definition) is 2. The van der Waals surface area contributed by atoms with E-state index >= 15 is 0 Å². The van der Waals surface area contributed by atoms with Gasteiger partial charge < -0.3 is 29.6 Å². The molecule has 2 N–H and O–H groups in total. The van der Waals surface area contributed by atoms with Gasteiger partial charge in [-0.1, -0.05) is 42.3 Å². The average molecular weight is 857 g/mol. The van der Waals surface area contributed by atoms with E-state index in [0.717, 1.165) is 43.6 Å². The number of amides is 2. The lowest BCUT2D eigenvalue weighted by Crippen LogP contribution is -2.46. The number of terminal acetylenes is 1. The Morgan fingerprint density at radius 3 is 1.36 bits per heavy atom. The predicted molar refractivity (Wildman–Crippen MR) is 235 cm³/mol. The lowest BCUT2D eigenvalue weighted by atomic mass is 10.1. The van der Waals surface area contributed by atoms with E-state index in [9.17, 15) is 19.2 Å². The lowest BCUT2D eigenvalue weighted by Gasteiger charge is -2.27. The first-order valence-corrected chi connectivity index (χ1v) is 20.7. The third-order valence-corrected chi connectivity index (χ3v) is 11.7. The molecule has 14 heteroatoms. The number of aryl methyl sites for hydroxylation is 2. The Morgan fingerprint density at radius 2 is 0.984 bits per heavy atom. The average Bonchev–Trinajstić information content (AvgIpc) is 3.85. The monoisotopic (exact) mass is 856 g/mol. The molecule has 6 aromatic rings. The normalized spacial score (nSPS) is 11.2. The molecule has 61 heavy (non-hydrogen) atoms. The highest BCUT2D eigenvalue weighted by molar-refractivity contribution is 7.17. The van der Waals surface area contributed by atoms with Crippen molar-refractivity contribution in [2.45, 2.75) is 65.8 Å². The van der Waals surface area contributed by atoms with Gasteiger partial charge in [0.25, 0.3) is 11.8 Å². The third kappa shape index (κ3) is 10.9. The molecular weight excluding hydrogens is 813 g/mol. The van der Waals surface area contributed by atoms with Gasteiger partial charge in [0.05, 0.1) is 18.5 Å². The quantitative estimate of drug-likeness (QED) is 0.0584. The van der Waals surface area contributed by atoms with Crippen molar-refractivity contribution in [2.75, 3.05) is 7.11 Å². The second kappa shape index (κ2) is 18.6. The number of aromatic nitrogens is 2. The summed E-state index contributed by atoms with van der Waals surface area (Å²) in [7, 11) is 1.60. The van der Waals surface area contributed by atoms with Crippen LogP contribution in [-0.4, -0.2) is 52.0 Å². The topological polar surface area (TPSA) is 155 Å². The fraction of sp³-hybridized carbons (Fsp3) is 0.234. The number of carbonyl (C=O) groups excluding carboxylic acids is 4. The Kier molecular flexibility index (Phi) is 13.4. The fourth-order valence-corrected chi connectivity index (χ4v) is 7.76. The highest BCUT2D eigenvalue weighted by Crippen LogP contribution is 2.31. The molecule has 312 valence electrons. The molecule has 4 aromatic carbocycles. The van der Waals surface area contributed by atoms with Crippen LogP contribution in [-0.2, 0) is 27.4 Å². The number of hydrogen-bond acceptors (Lipinski definition) is 12. The van der Waals surface area contributed by atoms with Crippen molar-refractivity contribution in [3.8, 4) is 50.7 Å². The van der Waals surface area contributed by atoms with Crippen molar-refractivity contribution in [1.82, 2.24) is 20.6 Å². The maximum absolute atomic E-state index is 13.2. The largest absolute Gasteiger partial charge is 0.497 e. The summed E-state index contributed by atoms with van der Waals surface area (Å²) in [4.78, 5) is 62.6. The number of benzene rings is 4. The van der Waals surface area contributed by atoms with Gasteiger partial charge in [0.1, 0.15) is 37.0 Å². The molecule has 0 fully saturated rings. The number of esters is 2. The Bertz CT molecular complexity index is 2590. The molecule has 0 bridgehead atoms. The molecule has 2 amide bonds. The van der Waals surface area contributed by atoms with E-state index in [0.29, 0.717) is 32.6 Å². The summed E-state index contributed by atoms with van der Waals surface area (Å²) in [5, 5.41) is 7.32. The molecule has 0 aliphatic heterocycles. The lowest BCUT2D eigenvalue weighted by molar-refractivity contribution is -0.178. The van der Waals surface area contributed by atoms with Crippen LogP contribution in [0.15, 0.2) is 97.1 Å². The Balaban J connectivity index is 0.958. The van der Waals surface area contributed by atoms with E-state index in [4.69, 9.17) is 25.4 Å². The summed E-state index contributed by atoms with van der Waals surface area (Å²) >= 11 is 2.62. The molecule has 0 unspecified atom stereocenters. The minimum absolute atomic E-state index is 0.240. The van der Waals surface area contributed by atoms with Gasteiger partial charge in [-0.05, 0) is 113 Å². The first kappa shape index (κ1) is 43.8. The minimum atomic E-state index is -1.54. The van der Waals surface area contributed by atoms with E-state index in [2.05, 4.69) is 26.5 Å². The Morgan fingerprint density at radius 1 is 0.607 bits per heavy atom. The molecule has 6 rings (SSSR count). The molecule has 12 nitrogen and oxygen atoms in total. The van der Waals surface area contributed by atoms with Gasteiger partial charge in [0.2, 0.25) is 11.2 Å². The van der Waals surface area contributed by atoms with Crippen LogP contribution >= 0.6 is 22.7 Å². The molecule has 0 saturated heterocycles. The van der Waals surface area contributed by atoms with Crippen molar-refractivity contribution in [2.24, 2.45) is 0 Å². The van der Waals surface area contributed by atoms with Gasteiger partial charge in [-0.2, -0.15) is 0 Å². The third-order valence-electron chi connectivity index (χ3n) is 9.31. The Hall–Kier alpha value is -6.82. The van der Waals surface area contributed by atoms with Crippen LogP contribution in [0.4, 0.5) is 0 Å². The highest BCUT2D eigenvalue weighted by Gasteiger charge is 2.40. The summed E-state index contributed by atoms with van der Waals surface area (Å²) in [6.07, 6.45) is 5.46. The number of ether oxygens (including phenoxy) is 4. The summed E-state index contributed by atoms with van der Waals surface area (Å²) in [6.45, 7) is 10.1. The zero-order chi connectivity index (χ0) is 43.9. The van der Waals surface area contributed by atoms with Crippen LogP contribution in [0.5, 0.6) is 17.2 Å². The molecular formula is C47H44N4O8S2. The van der Waals surface area contributed by atoms with Crippen molar-refractivity contribution >= 4 is 46.4 Å². The number of carbonyl (C=O) groups is 4. The van der Waals surface area contributed by atoms with Crippen LogP contribution in [0.3, 0.4) is 0 Å². The number of methoxy groups -OCH3 is 1. The molecule has 0 atom stereocenters. The molecule has 0 saturated carbocycles. The van der Waals surface area contributed by atoms with Crippen LogP contribution in [0.25, 0.3) is 21.1 Å². The molecule has 0 spiro atoms. The zero-order valence-corrected chi connectivity index (χ0v) is 36.3. The summed E-state index contributed by atoms with van der Waals surface area (Å²) in [5.41, 5.74) is 2.32. The predicted octanol–water partition coefficient (Wildman–Crippen LogP) is 8.49. The van der Waals surface area contributed by atoms with Crippen molar-refractivity contribution in [3.05, 3.63) is 135 Å². The van der Waals surface area contributed by atoms with E-state index in [1.54, 1.807) is 69.5 Å². The van der Waals surface area contributed by atoms with Gasteiger partial charge in [0, 0.05) is 29.8 Å². The molecule has 2 heterocycles. The second-order valence-corrected chi connectivity index (χ2v) is 16.9. The molecule has 0 radical (unpaired) electrons. The first-order chi connectivity index (χ1) is 29.0. The van der Waals surface area contributed by atoms with E-state index in [1.165, 1.54) is 50.4 Å². The first-order valence-electron chi connectivity index (χ1n) is 19.1. The van der Waals surface area contributed by atoms with Gasteiger partial charge in [-0.25, -0.2) is 19.6 Å². The smallest absolute Gasteiger partial charge is 0.357 e. The van der Waals surface area contributed by atoms with E-state index in [1.807, 2.05) is 48.5 Å². The SMILES string of the molecule is C#Cc1ccc(-c2nc(C)c(C(=O)NCc3ccc(OC(C)(C)C(=O)OC(=O)C(C)(C)Oc4ccc(CNC(=O)c5sc(-c6ccc(OC)cc6)nc5C)cc4)cc3)s2)cc1. The molecule has 0 aliphatic rings. The summed E-state index contributed by atoms with van der Waals surface area (Å²) in [6, 6.07) is 28.6. The van der Waals surface area contributed by atoms with Gasteiger partial charge >= 0.3 is 11.9 Å². The fourth-order valence-electron chi connectivity index (χ4n) is 5.78. The molecule has 2 aromatic heterocycles. The number of nitrogens with one attached hydrogen (secondary N) is 2. The number of thiazole rings is 2. The number of rotatable bonds is 15. The minimum Gasteiger partial charge on any atom is -0.497 e. The Labute approximate surface area is 362 Å². The van der Waals surface area contributed by atoms with Gasteiger partial charge in [-0.3, -0.25) is 9.59 Å². The van der Waals surface area contributed by atoms with Crippen molar-refractivity contribution in [1.29, 1.82) is 0 Å². The summed E-state index contributed by atoms with van der Waals surface area (Å²) < 4.78 is 22.3. The van der Waals surface area contributed by atoms with E-state index < -0.39 is 23.1 Å². The highest BCUT2D eigenvalue weighted by atomic mass is 32.1. The van der Waals surface area contributed by atoms with E-state index in [-0.39, 0.29) is 24.9 Å². The zero-order valence-electron chi connectivity index (χ0n) is 34.7. The van der Waals surface area contributed by atoms with Crippen LogP contribution in [0, 0.1) is 26.2 Å². The van der Waals surface area contributed by atoms with Gasteiger partial charge in [-0.15, -0.1) is 29.1 Å². The standard InChI is InChI=1S/C47H44N4O8S2/c1-9-30-10-16-33(17-11-30)42-50-28(2)38(60-42)40(52)48-26-31-12-20-36(21-13-31)58-46(4,5)44(54)57-45(55)47(6,7)59-37-22-14-32(15-23-37)27-49-41(53)39-29(3)51-43(61-39)34-18-24-35(56-8)25-19-34/h1,10-25H,26-27H2,2-8H3,(H,48,52)(H,49,53). The number of nitrogens with zero attached hydrogens (tertiary/aromatic N) is 2. The summed E-state index contributed by atoms with van der Waals surface area (Å²) in [5.74, 6) is 1.74. The maximum atomic E-state index is 13.2. The van der Waals surface area contributed by atoms with Crippen LogP contribution < -0.4 is 24.8 Å². The van der Waals surface area contributed by atoms with Gasteiger partial charge in [0.15, 0.2) is 0 Å². The van der Waals surface area contributed by atoms with Crippen LogP contribution in [0.1, 0.15) is 75.1 Å². The van der Waals surface area contributed by atoms with Crippen molar-refractivity contribution < 1.29 is 38.1 Å². The maximum Gasteiger partial charge on any atom is 0.357 e.